The van der Waals surface area contributed by atoms with Crippen LogP contribution in [0.3, 0.4) is 0 Å². The van der Waals surface area contributed by atoms with Gasteiger partial charge in [-0.1, -0.05) is 90.6 Å². The molecule has 4 N–H and O–H groups in total. The molecule has 0 spiro atoms. The molecule has 0 saturated carbocycles. The number of morpholine rings is 1. The van der Waals surface area contributed by atoms with Crippen molar-refractivity contribution in [2.45, 2.75) is 55.1 Å². The number of rotatable bonds is 12. The highest BCUT2D eigenvalue weighted by Gasteiger charge is 2.33. The molecule has 1 aliphatic rings. The number of carbonyl (C=O) groups is 2. The van der Waals surface area contributed by atoms with Gasteiger partial charge in [0, 0.05) is 36.1 Å². The van der Waals surface area contributed by atoms with Crippen LogP contribution >= 0.6 is 11.8 Å². The maximum atomic E-state index is 14.1. The van der Waals surface area contributed by atoms with E-state index >= 15 is 0 Å². The number of amides is 2. The van der Waals surface area contributed by atoms with Gasteiger partial charge in [0.15, 0.2) is 10.8 Å². The first-order valence-corrected chi connectivity index (χ1v) is 17.1. The molecule has 48 heavy (non-hydrogen) atoms. The number of H-pyrrole nitrogens is 1. The predicted octanol–water partition coefficient (Wildman–Crippen LogP) is 5.92. The number of fused-ring (bicyclic) bond motifs is 1. The lowest BCUT2D eigenvalue weighted by Crippen LogP contribution is -2.52. The van der Waals surface area contributed by atoms with Gasteiger partial charge in [0.2, 0.25) is 5.91 Å². The molecule has 2 aromatic heterocycles. The zero-order valence-electron chi connectivity index (χ0n) is 27.0. The molecule has 1 unspecified atom stereocenters. The van der Waals surface area contributed by atoms with Gasteiger partial charge in [-0.05, 0) is 54.7 Å². The molecule has 248 valence electrons. The maximum Gasteiger partial charge on any atom is 0.407 e. The van der Waals surface area contributed by atoms with E-state index in [0.717, 1.165) is 46.1 Å². The van der Waals surface area contributed by atoms with Crippen molar-refractivity contribution in [2.24, 2.45) is 0 Å². The number of anilines is 1. The second kappa shape index (κ2) is 15.9. The van der Waals surface area contributed by atoms with Crippen molar-refractivity contribution < 1.29 is 19.1 Å². The van der Waals surface area contributed by atoms with E-state index in [4.69, 9.17) is 9.47 Å². The number of hydrogen-bond acceptors (Lipinski definition) is 8. The monoisotopic (exact) mass is 664 g/mol. The number of aryl methyl sites for hydroxylation is 1. The molecule has 6 rings (SSSR count). The van der Waals surface area contributed by atoms with E-state index in [1.54, 1.807) is 18.0 Å². The minimum atomic E-state index is -0.941. The number of pyridine rings is 1. The summed E-state index contributed by atoms with van der Waals surface area (Å²) >= 11 is 1.63. The first kappa shape index (κ1) is 33.2. The normalized spacial score (nSPS) is 18.4. The lowest BCUT2D eigenvalue weighted by Gasteiger charge is -2.36. The second-order valence-corrected chi connectivity index (χ2v) is 12.8. The third-order valence-electron chi connectivity index (χ3n) is 8.62. The van der Waals surface area contributed by atoms with Crippen LogP contribution in [0.5, 0.6) is 0 Å². The van der Waals surface area contributed by atoms with E-state index in [-0.39, 0.29) is 24.2 Å². The Hall–Kier alpha value is -4.71. The van der Waals surface area contributed by atoms with Gasteiger partial charge in [-0.2, -0.15) is 0 Å². The van der Waals surface area contributed by atoms with Gasteiger partial charge in [0.25, 0.3) is 0 Å². The van der Waals surface area contributed by atoms with Crippen LogP contribution in [0.25, 0.3) is 11.2 Å². The summed E-state index contributed by atoms with van der Waals surface area (Å²) in [5.74, 6) is -0.0451. The number of para-hydroxylation sites is 1. The number of carbonyl (C=O) groups excluding carboxylic acids is 2. The first-order valence-electron chi connectivity index (χ1n) is 16.1. The quantitative estimate of drug-likeness (QED) is 0.121. The molecule has 0 radical (unpaired) electrons. The summed E-state index contributed by atoms with van der Waals surface area (Å²) in [6.07, 6.45) is 2.53. The lowest BCUT2D eigenvalue weighted by atomic mass is 9.84. The summed E-state index contributed by atoms with van der Waals surface area (Å²) in [4.78, 5) is 38.9. The van der Waals surface area contributed by atoms with E-state index in [2.05, 4.69) is 37.8 Å². The molecule has 3 aromatic carbocycles. The summed E-state index contributed by atoms with van der Waals surface area (Å²) < 4.78 is 11.5. The van der Waals surface area contributed by atoms with Gasteiger partial charge in [-0.3, -0.25) is 4.79 Å². The van der Waals surface area contributed by atoms with Crippen molar-refractivity contribution in [2.75, 3.05) is 24.7 Å². The fourth-order valence-electron chi connectivity index (χ4n) is 6.04. The first-order chi connectivity index (χ1) is 23.5. The Balaban J connectivity index is 1.13. The zero-order chi connectivity index (χ0) is 33.3. The van der Waals surface area contributed by atoms with Crippen LogP contribution in [0, 0.1) is 0 Å². The van der Waals surface area contributed by atoms with Crippen molar-refractivity contribution in [3.05, 3.63) is 120 Å². The molecule has 4 atom stereocenters. The highest BCUT2D eigenvalue weighted by Crippen LogP contribution is 2.30. The molecule has 1 saturated heterocycles. The van der Waals surface area contributed by atoms with Crippen LogP contribution in [-0.4, -0.2) is 70.7 Å². The summed E-state index contributed by atoms with van der Waals surface area (Å²) in [6, 6.07) is 30.3. The SMILES string of the molecule is COC(=O)NC(C(=O)Nc1ccccc1CC[C@@H]1CN[C@H](C)[C@@H](CSc2nc3ncccc3[nH]2)O1)C(c1ccccc1)c1ccccc1. The smallest absolute Gasteiger partial charge is 0.407 e. The summed E-state index contributed by atoms with van der Waals surface area (Å²) in [5, 5.41) is 10.4. The van der Waals surface area contributed by atoms with Gasteiger partial charge in [0.1, 0.15) is 6.04 Å². The van der Waals surface area contributed by atoms with Crippen molar-refractivity contribution >= 4 is 40.6 Å². The minimum absolute atomic E-state index is 0.00202. The number of aromatic amines is 1. The van der Waals surface area contributed by atoms with E-state index in [1.807, 2.05) is 97.1 Å². The van der Waals surface area contributed by atoms with E-state index in [9.17, 15) is 9.59 Å². The van der Waals surface area contributed by atoms with Gasteiger partial charge in [0.05, 0.1) is 24.8 Å². The zero-order valence-corrected chi connectivity index (χ0v) is 27.8. The minimum Gasteiger partial charge on any atom is -0.453 e. The molecule has 0 aliphatic carbocycles. The van der Waals surface area contributed by atoms with E-state index < -0.39 is 18.1 Å². The van der Waals surface area contributed by atoms with Crippen LogP contribution < -0.4 is 16.0 Å². The number of thioether (sulfide) groups is 1. The summed E-state index contributed by atoms with van der Waals surface area (Å²) in [5.41, 5.74) is 5.11. The predicted molar refractivity (Wildman–Crippen MR) is 188 cm³/mol. The topological polar surface area (TPSA) is 130 Å². The Morgan fingerprint density at radius 3 is 2.40 bits per heavy atom. The van der Waals surface area contributed by atoms with Gasteiger partial charge >= 0.3 is 6.09 Å². The number of nitrogens with one attached hydrogen (secondary N) is 4. The Morgan fingerprint density at radius 1 is 0.979 bits per heavy atom. The number of ether oxygens (including phenoxy) is 2. The molecule has 5 aromatic rings. The summed E-state index contributed by atoms with van der Waals surface area (Å²) in [6.45, 7) is 2.88. The standard InChI is InChI=1S/C37H40N6O4S/c1-24-31(23-48-36-41-30-18-11-21-38-34(30)43-36)47-28(22-39-24)20-19-25-12-9-10-17-29(25)40-35(44)33(42-37(45)46-2)32(26-13-5-3-6-14-26)27-15-7-4-8-16-27/h3-18,21,24,28,31-33,39H,19-20,22-23H2,1-2H3,(H,40,44)(H,42,45)(H,38,41,43)/t24-,28-,31-,33?/m1/s1. The van der Waals surface area contributed by atoms with Crippen LogP contribution in [0.1, 0.15) is 36.0 Å². The van der Waals surface area contributed by atoms with Crippen LogP contribution in [0.2, 0.25) is 0 Å². The molecule has 1 fully saturated rings. The number of nitrogens with zero attached hydrogens (tertiary/aromatic N) is 2. The van der Waals surface area contributed by atoms with E-state index in [0.29, 0.717) is 17.8 Å². The van der Waals surface area contributed by atoms with Crippen LogP contribution in [0.4, 0.5) is 10.5 Å². The third-order valence-corrected chi connectivity index (χ3v) is 9.58. The largest absolute Gasteiger partial charge is 0.453 e. The summed E-state index contributed by atoms with van der Waals surface area (Å²) in [7, 11) is 1.29. The third kappa shape index (κ3) is 8.22. The highest BCUT2D eigenvalue weighted by atomic mass is 32.2. The molecular weight excluding hydrogens is 625 g/mol. The molecule has 10 nitrogen and oxygen atoms in total. The Kier molecular flexibility index (Phi) is 11.0. The Bertz CT molecular complexity index is 1730. The fourth-order valence-corrected chi connectivity index (χ4v) is 7.06. The average molecular weight is 665 g/mol. The number of benzene rings is 3. The highest BCUT2D eigenvalue weighted by molar-refractivity contribution is 7.99. The number of methoxy groups -OCH3 is 1. The van der Waals surface area contributed by atoms with Crippen molar-refractivity contribution in [1.82, 2.24) is 25.6 Å². The van der Waals surface area contributed by atoms with Gasteiger partial charge in [-0.25, -0.2) is 14.8 Å². The molecule has 1 aliphatic heterocycles. The maximum absolute atomic E-state index is 14.1. The fraction of sp³-hybridized carbons (Fsp3) is 0.297. The molecular formula is C37H40N6O4S. The van der Waals surface area contributed by atoms with Crippen LogP contribution in [-0.2, 0) is 20.7 Å². The Labute approximate surface area is 284 Å². The molecule has 3 heterocycles. The molecule has 0 bridgehead atoms. The molecule has 11 heteroatoms. The number of aromatic nitrogens is 3. The Morgan fingerprint density at radius 2 is 1.69 bits per heavy atom. The van der Waals surface area contributed by atoms with Crippen molar-refractivity contribution in [3.8, 4) is 0 Å². The second-order valence-electron chi connectivity index (χ2n) is 11.8. The van der Waals surface area contributed by atoms with E-state index in [1.165, 1.54) is 7.11 Å². The molecule has 2 amide bonds. The van der Waals surface area contributed by atoms with Gasteiger partial charge in [-0.15, -0.1) is 0 Å². The average Bonchev–Trinajstić information content (AvgIpc) is 3.55. The van der Waals surface area contributed by atoms with Crippen molar-refractivity contribution in [1.29, 1.82) is 0 Å². The lowest BCUT2D eigenvalue weighted by molar-refractivity contribution is -0.118. The van der Waals surface area contributed by atoms with Crippen molar-refractivity contribution in [3.63, 3.8) is 0 Å². The van der Waals surface area contributed by atoms with Gasteiger partial charge < -0.3 is 30.4 Å². The number of hydrogen-bond donors (Lipinski definition) is 4. The number of alkyl carbamates (subject to hydrolysis) is 1. The number of imidazole rings is 1. The van der Waals surface area contributed by atoms with Crippen LogP contribution in [0.15, 0.2) is 108 Å².